The quantitative estimate of drug-likeness (QED) is 0.817. The molecule has 0 aliphatic carbocycles. The molecule has 1 aromatic carbocycles. The Hall–Kier alpha value is -1.17. The van der Waals surface area contributed by atoms with Crippen molar-refractivity contribution in [3.63, 3.8) is 0 Å². The normalized spacial score (nSPS) is 12.3. The minimum atomic E-state index is -2.86. The van der Waals surface area contributed by atoms with Gasteiger partial charge in [0.25, 0.3) is 5.91 Å². The highest BCUT2D eigenvalue weighted by atomic mass is 79.9. The van der Waals surface area contributed by atoms with Crippen LogP contribution < -0.4 is 10.1 Å². The summed E-state index contributed by atoms with van der Waals surface area (Å²) < 4.78 is 28.0. The average molecular weight is 322 g/mol. The van der Waals surface area contributed by atoms with Crippen molar-refractivity contribution in [3.05, 3.63) is 29.8 Å². The van der Waals surface area contributed by atoms with Gasteiger partial charge < -0.3 is 10.1 Å². The lowest BCUT2D eigenvalue weighted by atomic mass is 10.2. The summed E-state index contributed by atoms with van der Waals surface area (Å²) in [4.78, 5) is 12.0. The fraction of sp³-hybridized carbons (Fsp3) is 0.417. The number of amides is 1. The molecule has 1 aromatic rings. The zero-order valence-electron chi connectivity index (χ0n) is 9.83. The van der Waals surface area contributed by atoms with Crippen molar-refractivity contribution in [1.29, 1.82) is 0 Å². The van der Waals surface area contributed by atoms with Gasteiger partial charge in [-0.3, -0.25) is 4.79 Å². The first-order valence-electron chi connectivity index (χ1n) is 5.46. The van der Waals surface area contributed by atoms with Gasteiger partial charge in [-0.15, -0.1) is 0 Å². The SMILES string of the molecule is CC(Br)CCNC(=O)c1ccc(OC(F)F)cc1. The first kappa shape index (κ1) is 14.9. The van der Waals surface area contributed by atoms with E-state index in [4.69, 9.17) is 0 Å². The lowest BCUT2D eigenvalue weighted by Crippen LogP contribution is -2.25. The lowest BCUT2D eigenvalue weighted by Gasteiger charge is -2.07. The molecule has 1 atom stereocenters. The van der Waals surface area contributed by atoms with E-state index in [1.807, 2.05) is 6.92 Å². The van der Waals surface area contributed by atoms with Gasteiger partial charge in [-0.1, -0.05) is 22.9 Å². The van der Waals surface area contributed by atoms with Crippen LogP contribution in [0.1, 0.15) is 23.7 Å². The second-order valence-electron chi connectivity index (χ2n) is 3.73. The van der Waals surface area contributed by atoms with Crippen molar-refractivity contribution in [2.45, 2.75) is 24.8 Å². The molecule has 100 valence electrons. The maximum atomic E-state index is 11.9. The summed E-state index contributed by atoms with van der Waals surface area (Å²) in [5.41, 5.74) is 0.416. The van der Waals surface area contributed by atoms with Crippen LogP contribution in [0.15, 0.2) is 24.3 Å². The first-order chi connectivity index (χ1) is 8.49. The molecule has 0 bridgehead atoms. The van der Waals surface area contributed by atoms with E-state index in [2.05, 4.69) is 26.0 Å². The molecule has 1 unspecified atom stereocenters. The van der Waals surface area contributed by atoms with Gasteiger partial charge in [-0.2, -0.15) is 8.78 Å². The van der Waals surface area contributed by atoms with Crippen LogP contribution in [0, 0.1) is 0 Å². The van der Waals surface area contributed by atoms with Crippen LogP contribution in [-0.2, 0) is 0 Å². The summed E-state index contributed by atoms with van der Waals surface area (Å²) in [6.45, 7) is -0.312. The largest absolute Gasteiger partial charge is 0.435 e. The van der Waals surface area contributed by atoms with Crippen LogP contribution in [0.4, 0.5) is 8.78 Å². The van der Waals surface area contributed by atoms with Gasteiger partial charge in [0.05, 0.1) is 0 Å². The Morgan fingerprint density at radius 2 is 2.00 bits per heavy atom. The second-order valence-corrected chi connectivity index (χ2v) is 5.29. The molecule has 18 heavy (non-hydrogen) atoms. The fourth-order valence-electron chi connectivity index (χ4n) is 1.27. The fourth-order valence-corrected chi connectivity index (χ4v) is 1.50. The minimum Gasteiger partial charge on any atom is -0.435 e. The summed E-state index contributed by atoms with van der Waals surface area (Å²) in [5.74, 6) is -0.192. The molecular formula is C12H14BrF2NO2. The van der Waals surface area contributed by atoms with Crippen LogP contribution in [0.3, 0.4) is 0 Å². The number of benzene rings is 1. The monoisotopic (exact) mass is 321 g/mol. The molecule has 6 heteroatoms. The van der Waals surface area contributed by atoms with E-state index < -0.39 is 6.61 Å². The molecule has 0 radical (unpaired) electrons. The molecule has 1 N–H and O–H groups in total. The van der Waals surface area contributed by atoms with Crippen LogP contribution in [0.5, 0.6) is 5.75 Å². The van der Waals surface area contributed by atoms with Gasteiger partial charge in [0.1, 0.15) is 5.75 Å². The number of rotatable bonds is 6. The van der Waals surface area contributed by atoms with E-state index >= 15 is 0 Å². The number of ether oxygens (including phenoxy) is 1. The molecule has 0 fully saturated rings. The summed E-state index contributed by atoms with van der Waals surface area (Å²) in [5, 5.41) is 2.73. The van der Waals surface area contributed by atoms with Crippen LogP contribution in [-0.4, -0.2) is 23.9 Å². The van der Waals surface area contributed by atoms with Crippen LogP contribution in [0.2, 0.25) is 0 Å². The first-order valence-corrected chi connectivity index (χ1v) is 6.37. The summed E-state index contributed by atoms with van der Waals surface area (Å²) >= 11 is 3.37. The predicted octanol–water partition coefficient (Wildman–Crippen LogP) is 3.19. The molecule has 0 heterocycles. The molecule has 0 saturated heterocycles. The van der Waals surface area contributed by atoms with Crippen molar-refractivity contribution in [2.75, 3.05) is 6.54 Å². The topological polar surface area (TPSA) is 38.3 Å². The molecule has 1 amide bonds. The van der Waals surface area contributed by atoms with Crippen molar-refractivity contribution in [2.24, 2.45) is 0 Å². The third-order valence-electron chi connectivity index (χ3n) is 2.17. The Balaban J connectivity index is 2.48. The Morgan fingerprint density at radius 3 is 2.50 bits per heavy atom. The average Bonchev–Trinajstić information content (AvgIpc) is 2.28. The highest BCUT2D eigenvalue weighted by molar-refractivity contribution is 9.09. The van der Waals surface area contributed by atoms with Gasteiger partial charge in [-0.05, 0) is 30.7 Å². The van der Waals surface area contributed by atoms with E-state index in [-0.39, 0.29) is 11.7 Å². The van der Waals surface area contributed by atoms with E-state index in [0.29, 0.717) is 16.9 Å². The summed E-state index contributed by atoms with van der Waals surface area (Å²) in [6, 6.07) is 5.58. The molecule has 0 saturated carbocycles. The Labute approximate surface area is 113 Å². The van der Waals surface area contributed by atoms with Gasteiger partial charge in [-0.25, -0.2) is 0 Å². The van der Waals surface area contributed by atoms with E-state index in [1.54, 1.807) is 0 Å². The third-order valence-corrected chi connectivity index (χ3v) is 2.63. The smallest absolute Gasteiger partial charge is 0.387 e. The Morgan fingerprint density at radius 1 is 1.39 bits per heavy atom. The van der Waals surface area contributed by atoms with E-state index in [1.165, 1.54) is 24.3 Å². The van der Waals surface area contributed by atoms with Gasteiger partial charge in [0.15, 0.2) is 0 Å². The Kier molecular flexibility index (Phi) is 6.04. The second kappa shape index (κ2) is 7.31. The van der Waals surface area contributed by atoms with Crippen molar-refractivity contribution in [1.82, 2.24) is 5.32 Å². The number of halogens is 3. The number of hydrogen-bond donors (Lipinski definition) is 1. The third kappa shape index (κ3) is 5.44. The maximum Gasteiger partial charge on any atom is 0.387 e. The molecular weight excluding hydrogens is 308 g/mol. The highest BCUT2D eigenvalue weighted by Gasteiger charge is 2.07. The number of alkyl halides is 3. The van der Waals surface area contributed by atoms with Crippen LogP contribution >= 0.6 is 15.9 Å². The number of carbonyl (C=O) groups is 1. The number of carbonyl (C=O) groups excluding carboxylic acids is 1. The molecule has 0 aromatic heterocycles. The zero-order chi connectivity index (χ0) is 13.5. The number of hydrogen-bond acceptors (Lipinski definition) is 2. The highest BCUT2D eigenvalue weighted by Crippen LogP contribution is 2.14. The van der Waals surface area contributed by atoms with Crippen LogP contribution in [0.25, 0.3) is 0 Å². The standard InChI is InChI=1S/C12H14BrF2NO2/c1-8(13)6-7-16-11(17)9-2-4-10(5-3-9)18-12(14)15/h2-5,8,12H,6-7H2,1H3,(H,16,17). The Bertz CT molecular complexity index is 382. The minimum absolute atomic E-state index is 0.0376. The maximum absolute atomic E-state index is 11.9. The number of nitrogens with one attached hydrogen (secondary N) is 1. The van der Waals surface area contributed by atoms with Crippen molar-refractivity contribution in [3.8, 4) is 5.75 Å². The van der Waals surface area contributed by atoms with Crippen molar-refractivity contribution < 1.29 is 18.3 Å². The molecule has 0 aliphatic rings. The molecule has 3 nitrogen and oxygen atoms in total. The van der Waals surface area contributed by atoms with Gasteiger partial charge >= 0.3 is 6.61 Å². The molecule has 1 rings (SSSR count). The molecule has 0 aliphatic heterocycles. The summed E-state index contributed by atoms with van der Waals surface area (Å²) in [6.07, 6.45) is 0.818. The predicted molar refractivity (Wildman–Crippen MR) is 68.4 cm³/mol. The molecule has 0 spiro atoms. The van der Waals surface area contributed by atoms with E-state index in [9.17, 15) is 13.6 Å². The van der Waals surface area contributed by atoms with E-state index in [0.717, 1.165) is 6.42 Å². The van der Waals surface area contributed by atoms with Gasteiger partial charge in [0.2, 0.25) is 0 Å². The zero-order valence-corrected chi connectivity index (χ0v) is 11.4. The summed E-state index contributed by atoms with van der Waals surface area (Å²) in [7, 11) is 0. The van der Waals surface area contributed by atoms with Crippen molar-refractivity contribution >= 4 is 21.8 Å². The lowest BCUT2D eigenvalue weighted by molar-refractivity contribution is -0.0498. The van der Waals surface area contributed by atoms with Gasteiger partial charge in [0, 0.05) is 16.9 Å².